The number of rotatable bonds is 7. The summed E-state index contributed by atoms with van der Waals surface area (Å²) in [6.45, 7) is 0. The predicted octanol–water partition coefficient (Wildman–Crippen LogP) is 1.10. The summed E-state index contributed by atoms with van der Waals surface area (Å²) >= 11 is 0. The van der Waals surface area contributed by atoms with Gasteiger partial charge in [-0.15, -0.1) is 12.3 Å². The van der Waals surface area contributed by atoms with Gasteiger partial charge in [0.05, 0.1) is 6.10 Å². The van der Waals surface area contributed by atoms with Crippen molar-refractivity contribution in [2.24, 2.45) is 0 Å². The summed E-state index contributed by atoms with van der Waals surface area (Å²) in [7, 11) is 0. The SMILES string of the molecule is C#CC[C@H](O)C=CC=CC#C[C@@H](O)CCCC(=O)O. The minimum atomic E-state index is -0.879. The van der Waals surface area contributed by atoms with E-state index in [0.717, 1.165) is 0 Å². The molecule has 0 saturated carbocycles. The van der Waals surface area contributed by atoms with E-state index in [1.807, 2.05) is 0 Å². The molecule has 2 atom stereocenters. The molecule has 0 unspecified atom stereocenters. The standard InChI is InChI=1S/C15H18O4/c1-2-8-13(16)9-5-3-4-6-10-14(17)11-7-12-15(18)19/h1,3-5,9,13-14,16-17H,7-8,11-12H2,(H,18,19)/t13-,14+/m0/s1. The number of carbonyl (C=O) groups is 1. The van der Waals surface area contributed by atoms with E-state index >= 15 is 0 Å². The lowest BCUT2D eigenvalue weighted by atomic mass is 10.1. The van der Waals surface area contributed by atoms with Crippen LogP contribution in [0.5, 0.6) is 0 Å². The third-order valence-electron chi connectivity index (χ3n) is 2.07. The van der Waals surface area contributed by atoms with Gasteiger partial charge >= 0.3 is 5.97 Å². The lowest BCUT2D eigenvalue weighted by molar-refractivity contribution is -0.137. The Morgan fingerprint density at radius 2 is 2.05 bits per heavy atom. The van der Waals surface area contributed by atoms with Gasteiger partial charge in [-0.1, -0.05) is 30.1 Å². The first-order valence-corrected chi connectivity index (χ1v) is 5.92. The van der Waals surface area contributed by atoms with Crippen LogP contribution in [0.2, 0.25) is 0 Å². The fraction of sp³-hybridized carbons (Fsp3) is 0.400. The van der Waals surface area contributed by atoms with E-state index in [1.54, 1.807) is 18.2 Å². The normalized spacial score (nSPS) is 13.7. The lowest BCUT2D eigenvalue weighted by Gasteiger charge is -1.99. The topological polar surface area (TPSA) is 77.8 Å². The third kappa shape index (κ3) is 12.2. The van der Waals surface area contributed by atoms with Crippen molar-refractivity contribution in [1.82, 2.24) is 0 Å². The van der Waals surface area contributed by atoms with Crippen LogP contribution in [0.4, 0.5) is 0 Å². The number of hydrogen-bond acceptors (Lipinski definition) is 3. The molecule has 0 aliphatic carbocycles. The minimum Gasteiger partial charge on any atom is -0.481 e. The first kappa shape index (κ1) is 17.0. The fourth-order valence-corrected chi connectivity index (χ4v) is 1.15. The van der Waals surface area contributed by atoms with Gasteiger partial charge in [0.15, 0.2) is 0 Å². The molecule has 0 rings (SSSR count). The molecule has 4 nitrogen and oxygen atoms in total. The molecule has 0 saturated heterocycles. The van der Waals surface area contributed by atoms with E-state index in [9.17, 15) is 15.0 Å². The van der Waals surface area contributed by atoms with Gasteiger partial charge in [-0.2, -0.15) is 0 Å². The van der Waals surface area contributed by atoms with E-state index in [0.29, 0.717) is 12.8 Å². The van der Waals surface area contributed by atoms with Gasteiger partial charge in [0.25, 0.3) is 0 Å². The molecule has 0 aromatic rings. The van der Waals surface area contributed by atoms with Crippen molar-refractivity contribution in [3.63, 3.8) is 0 Å². The molecule has 0 radical (unpaired) electrons. The smallest absolute Gasteiger partial charge is 0.303 e. The summed E-state index contributed by atoms with van der Waals surface area (Å²) in [5.74, 6) is 6.65. The van der Waals surface area contributed by atoms with Crippen LogP contribution in [0.1, 0.15) is 25.7 Å². The van der Waals surface area contributed by atoms with Crippen molar-refractivity contribution in [2.45, 2.75) is 37.9 Å². The fourth-order valence-electron chi connectivity index (χ4n) is 1.15. The Hall–Kier alpha value is -2.01. The summed E-state index contributed by atoms with van der Waals surface area (Å²) in [5, 5.41) is 27.1. The highest BCUT2D eigenvalue weighted by Gasteiger charge is 2.01. The van der Waals surface area contributed by atoms with Crippen LogP contribution in [0.25, 0.3) is 0 Å². The Labute approximate surface area is 113 Å². The van der Waals surface area contributed by atoms with Gasteiger partial charge in [-0.25, -0.2) is 0 Å². The number of aliphatic hydroxyl groups is 2. The minimum absolute atomic E-state index is 0.0321. The first-order valence-electron chi connectivity index (χ1n) is 5.92. The number of aliphatic carboxylic acids is 1. The molecular weight excluding hydrogens is 244 g/mol. The van der Waals surface area contributed by atoms with Crippen molar-refractivity contribution < 1.29 is 20.1 Å². The van der Waals surface area contributed by atoms with Crippen molar-refractivity contribution in [3.05, 3.63) is 24.3 Å². The Bertz CT molecular complexity index is 418. The second-order valence-corrected chi connectivity index (χ2v) is 3.81. The molecule has 3 N–H and O–H groups in total. The molecule has 0 aliphatic rings. The zero-order valence-electron chi connectivity index (χ0n) is 10.6. The van der Waals surface area contributed by atoms with Gasteiger partial charge in [0, 0.05) is 12.8 Å². The highest BCUT2D eigenvalue weighted by molar-refractivity contribution is 5.66. The third-order valence-corrected chi connectivity index (χ3v) is 2.07. The van der Waals surface area contributed by atoms with Crippen LogP contribution < -0.4 is 0 Å². The molecule has 0 heterocycles. The van der Waals surface area contributed by atoms with Crippen molar-refractivity contribution >= 4 is 5.97 Å². The van der Waals surface area contributed by atoms with Crippen LogP contribution in [-0.2, 0) is 4.79 Å². The number of terminal acetylenes is 1. The Kier molecular flexibility index (Phi) is 9.93. The van der Waals surface area contributed by atoms with E-state index in [2.05, 4.69) is 17.8 Å². The molecule has 4 heteroatoms. The average molecular weight is 262 g/mol. The Morgan fingerprint density at radius 3 is 2.68 bits per heavy atom. The van der Waals surface area contributed by atoms with E-state index in [-0.39, 0.29) is 12.8 Å². The quantitative estimate of drug-likeness (QED) is 0.474. The number of carboxylic acid groups (broad SMARTS) is 1. The van der Waals surface area contributed by atoms with E-state index < -0.39 is 18.2 Å². The molecule has 0 amide bonds. The molecule has 0 fully saturated rings. The number of allylic oxidation sites excluding steroid dienone is 3. The van der Waals surface area contributed by atoms with Crippen LogP contribution in [0, 0.1) is 24.2 Å². The summed E-state index contributed by atoms with van der Waals surface area (Å²) in [6, 6.07) is 0. The monoisotopic (exact) mass is 262 g/mol. The van der Waals surface area contributed by atoms with Crippen molar-refractivity contribution in [2.75, 3.05) is 0 Å². The maximum absolute atomic E-state index is 10.2. The lowest BCUT2D eigenvalue weighted by Crippen LogP contribution is -2.04. The number of hydrogen-bond donors (Lipinski definition) is 3. The summed E-state index contributed by atoms with van der Waals surface area (Å²) < 4.78 is 0. The summed E-state index contributed by atoms with van der Waals surface area (Å²) in [5.41, 5.74) is 0. The molecule has 0 aliphatic heterocycles. The maximum Gasteiger partial charge on any atom is 0.303 e. The zero-order chi connectivity index (χ0) is 14.5. The van der Waals surface area contributed by atoms with Crippen LogP contribution in [-0.4, -0.2) is 33.5 Å². The van der Waals surface area contributed by atoms with Crippen LogP contribution >= 0.6 is 0 Å². The highest BCUT2D eigenvalue weighted by Crippen LogP contribution is 1.99. The molecule has 0 aromatic carbocycles. The van der Waals surface area contributed by atoms with Crippen LogP contribution in [0.3, 0.4) is 0 Å². The highest BCUT2D eigenvalue weighted by atomic mass is 16.4. The van der Waals surface area contributed by atoms with E-state index in [1.165, 1.54) is 6.08 Å². The average Bonchev–Trinajstić information content (AvgIpc) is 2.33. The van der Waals surface area contributed by atoms with Crippen molar-refractivity contribution in [3.8, 4) is 24.2 Å². The summed E-state index contributed by atoms with van der Waals surface area (Å²) in [4.78, 5) is 10.2. The second kappa shape index (κ2) is 11.1. The van der Waals surface area contributed by atoms with Gasteiger partial charge in [0.2, 0.25) is 0 Å². The molecule has 0 spiro atoms. The predicted molar refractivity (Wildman–Crippen MR) is 73.0 cm³/mol. The zero-order valence-corrected chi connectivity index (χ0v) is 10.6. The molecule has 0 bridgehead atoms. The molecule has 102 valence electrons. The van der Waals surface area contributed by atoms with Gasteiger partial charge in [-0.3, -0.25) is 4.79 Å². The Balaban J connectivity index is 3.89. The van der Waals surface area contributed by atoms with E-state index in [4.69, 9.17) is 11.5 Å². The molecule has 0 aromatic heterocycles. The maximum atomic E-state index is 10.2. The van der Waals surface area contributed by atoms with Gasteiger partial charge < -0.3 is 15.3 Å². The number of aliphatic hydroxyl groups excluding tert-OH is 2. The second-order valence-electron chi connectivity index (χ2n) is 3.81. The summed E-state index contributed by atoms with van der Waals surface area (Å²) in [6.07, 6.45) is 10.9. The van der Waals surface area contributed by atoms with Gasteiger partial charge in [0.1, 0.15) is 6.10 Å². The molecule has 19 heavy (non-hydrogen) atoms. The Morgan fingerprint density at radius 1 is 1.32 bits per heavy atom. The number of carboxylic acids is 1. The molecular formula is C15H18O4. The first-order chi connectivity index (χ1) is 9.06. The van der Waals surface area contributed by atoms with Crippen LogP contribution in [0.15, 0.2) is 24.3 Å². The largest absolute Gasteiger partial charge is 0.481 e. The van der Waals surface area contributed by atoms with Gasteiger partial charge in [-0.05, 0) is 18.9 Å². The van der Waals surface area contributed by atoms with Crippen molar-refractivity contribution in [1.29, 1.82) is 0 Å².